The highest BCUT2D eigenvalue weighted by molar-refractivity contribution is 7.18. The third kappa shape index (κ3) is 3.43. The van der Waals surface area contributed by atoms with Crippen LogP contribution in [0, 0.1) is 19.8 Å². The third-order valence-corrected chi connectivity index (χ3v) is 8.10. The number of hydrogen-bond donors (Lipinski definition) is 2. The molecular formula is C24H26N4O3S. The van der Waals surface area contributed by atoms with Crippen molar-refractivity contribution in [3.63, 3.8) is 0 Å². The van der Waals surface area contributed by atoms with Crippen LogP contribution >= 0.6 is 11.3 Å². The quantitative estimate of drug-likeness (QED) is 0.634. The predicted molar refractivity (Wildman–Crippen MR) is 124 cm³/mol. The Bertz CT molecular complexity index is 1190. The van der Waals surface area contributed by atoms with E-state index in [1.165, 1.54) is 10.4 Å². The lowest BCUT2D eigenvalue weighted by Gasteiger charge is -2.34. The Hall–Kier alpha value is -3.00. The maximum atomic E-state index is 13.1. The van der Waals surface area contributed by atoms with Gasteiger partial charge in [0.2, 0.25) is 5.91 Å². The number of hydrogen-bond acceptors (Lipinski definition) is 6. The van der Waals surface area contributed by atoms with Gasteiger partial charge in [-0.2, -0.15) is 0 Å². The summed E-state index contributed by atoms with van der Waals surface area (Å²) in [4.78, 5) is 38.7. The largest absolute Gasteiger partial charge is 0.479 e. The molecule has 0 atom stereocenters. The van der Waals surface area contributed by atoms with E-state index in [2.05, 4.69) is 34.0 Å². The molecule has 1 aliphatic heterocycles. The monoisotopic (exact) mass is 450 g/mol. The minimum absolute atomic E-state index is 0.157. The third-order valence-electron chi connectivity index (χ3n) is 6.99. The summed E-state index contributed by atoms with van der Waals surface area (Å²) in [6.45, 7) is 5.62. The zero-order chi connectivity index (χ0) is 22.5. The molecule has 8 heteroatoms. The average Bonchev–Trinajstić information content (AvgIpc) is 3.31. The SMILES string of the molecule is Cc1sc2ncnc(N3CCC(C(=O)NC4(C(=O)O)Cc5ccccc5C4)CC3)c2c1C. The molecule has 3 aromatic rings. The molecule has 0 saturated carbocycles. The number of nitrogens with zero attached hydrogens (tertiary/aromatic N) is 3. The summed E-state index contributed by atoms with van der Waals surface area (Å²) in [6, 6.07) is 7.72. The van der Waals surface area contributed by atoms with Crippen LogP contribution in [0.2, 0.25) is 0 Å². The number of carbonyl (C=O) groups excluding carboxylic acids is 1. The molecule has 0 radical (unpaired) electrons. The Labute approximate surface area is 190 Å². The first-order chi connectivity index (χ1) is 15.4. The van der Waals surface area contributed by atoms with Crippen LogP contribution in [0.1, 0.15) is 34.4 Å². The van der Waals surface area contributed by atoms with Crippen molar-refractivity contribution in [1.29, 1.82) is 0 Å². The van der Waals surface area contributed by atoms with Crippen molar-refractivity contribution in [1.82, 2.24) is 15.3 Å². The summed E-state index contributed by atoms with van der Waals surface area (Å²) in [5.41, 5.74) is 1.96. The van der Waals surface area contributed by atoms with Crippen LogP contribution in [0.25, 0.3) is 10.2 Å². The first kappa shape index (κ1) is 20.9. The highest BCUT2D eigenvalue weighted by Gasteiger charge is 2.46. The van der Waals surface area contributed by atoms with Gasteiger partial charge in [0, 0.05) is 36.7 Å². The lowest BCUT2D eigenvalue weighted by molar-refractivity contribution is -0.148. The molecule has 2 aromatic heterocycles. The van der Waals surface area contributed by atoms with Crippen LogP contribution in [0.15, 0.2) is 30.6 Å². The molecule has 166 valence electrons. The van der Waals surface area contributed by atoms with Gasteiger partial charge in [-0.25, -0.2) is 14.8 Å². The van der Waals surface area contributed by atoms with Crippen molar-refractivity contribution in [3.05, 3.63) is 52.2 Å². The van der Waals surface area contributed by atoms with E-state index in [4.69, 9.17) is 0 Å². The molecule has 2 N–H and O–H groups in total. The van der Waals surface area contributed by atoms with Gasteiger partial charge in [0.15, 0.2) is 0 Å². The number of rotatable bonds is 4. The lowest BCUT2D eigenvalue weighted by atomic mass is 9.91. The molecule has 1 amide bonds. The van der Waals surface area contributed by atoms with Crippen LogP contribution in [0.3, 0.4) is 0 Å². The van der Waals surface area contributed by atoms with Gasteiger partial charge in [0.05, 0.1) is 5.39 Å². The van der Waals surface area contributed by atoms with Gasteiger partial charge >= 0.3 is 5.97 Å². The molecule has 1 saturated heterocycles. The number of aliphatic carboxylic acids is 1. The number of carboxylic acid groups (broad SMARTS) is 1. The van der Waals surface area contributed by atoms with Gasteiger partial charge in [0.25, 0.3) is 0 Å². The number of piperidine rings is 1. The van der Waals surface area contributed by atoms with Crippen LogP contribution in [0.4, 0.5) is 5.82 Å². The van der Waals surface area contributed by atoms with Gasteiger partial charge in [-0.15, -0.1) is 11.3 Å². The molecule has 5 rings (SSSR count). The summed E-state index contributed by atoms with van der Waals surface area (Å²) >= 11 is 1.68. The highest BCUT2D eigenvalue weighted by Crippen LogP contribution is 2.36. The van der Waals surface area contributed by atoms with Crippen molar-refractivity contribution < 1.29 is 14.7 Å². The van der Waals surface area contributed by atoms with E-state index in [1.54, 1.807) is 17.7 Å². The minimum atomic E-state index is -1.25. The van der Waals surface area contributed by atoms with Gasteiger partial charge in [-0.05, 0) is 43.4 Å². The molecule has 1 aliphatic carbocycles. The molecule has 0 bridgehead atoms. The molecule has 7 nitrogen and oxygen atoms in total. The normalized spacial score (nSPS) is 18.0. The second-order valence-electron chi connectivity index (χ2n) is 8.92. The number of amides is 1. The summed E-state index contributed by atoms with van der Waals surface area (Å²) in [5, 5.41) is 14.0. The standard InChI is InChI=1S/C24H26N4O3S/c1-14-15(2)32-22-19(14)20(25-13-26-22)28-9-7-16(8-10-28)21(29)27-24(23(30)31)11-17-5-3-4-6-18(17)12-24/h3-6,13,16H,7-12H2,1-2H3,(H,27,29)(H,30,31). The van der Waals surface area contributed by atoms with Crippen LogP contribution in [-0.4, -0.2) is 45.6 Å². The van der Waals surface area contributed by atoms with Gasteiger partial charge < -0.3 is 15.3 Å². The number of benzene rings is 1. The first-order valence-corrected chi connectivity index (χ1v) is 11.8. The molecule has 2 aliphatic rings. The predicted octanol–water partition coefficient (Wildman–Crippen LogP) is 3.26. The van der Waals surface area contributed by atoms with Gasteiger partial charge in [-0.1, -0.05) is 24.3 Å². The summed E-state index contributed by atoms with van der Waals surface area (Å²) in [5.74, 6) is -0.390. The van der Waals surface area contributed by atoms with Crippen molar-refractivity contribution in [2.45, 2.75) is 45.1 Å². The summed E-state index contributed by atoms with van der Waals surface area (Å²) in [7, 11) is 0. The maximum absolute atomic E-state index is 13.1. The van der Waals surface area contributed by atoms with E-state index in [1.807, 2.05) is 24.3 Å². The van der Waals surface area contributed by atoms with E-state index in [0.717, 1.165) is 27.2 Å². The Balaban J connectivity index is 1.29. The average molecular weight is 451 g/mol. The Morgan fingerprint density at radius 2 is 1.78 bits per heavy atom. The van der Waals surface area contributed by atoms with Crippen molar-refractivity contribution >= 4 is 39.2 Å². The van der Waals surface area contributed by atoms with E-state index in [-0.39, 0.29) is 11.8 Å². The van der Waals surface area contributed by atoms with Crippen LogP contribution < -0.4 is 10.2 Å². The van der Waals surface area contributed by atoms with E-state index < -0.39 is 11.5 Å². The number of aryl methyl sites for hydroxylation is 2. The molecular weight excluding hydrogens is 424 g/mol. The number of thiophene rings is 1. The number of anilines is 1. The topological polar surface area (TPSA) is 95.4 Å². The van der Waals surface area contributed by atoms with Gasteiger partial charge in [0.1, 0.15) is 22.5 Å². The first-order valence-electron chi connectivity index (χ1n) is 11.0. The fourth-order valence-corrected chi connectivity index (χ4v) is 5.99. The second-order valence-corrected chi connectivity index (χ2v) is 10.1. The number of carboxylic acids is 1. The Morgan fingerprint density at radius 3 is 2.41 bits per heavy atom. The lowest BCUT2D eigenvalue weighted by Crippen LogP contribution is -2.57. The number of carbonyl (C=O) groups is 2. The molecule has 32 heavy (non-hydrogen) atoms. The zero-order valence-electron chi connectivity index (χ0n) is 18.2. The van der Waals surface area contributed by atoms with E-state index in [0.29, 0.717) is 38.8 Å². The van der Waals surface area contributed by atoms with Gasteiger partial charge in [-0.3, -0.25) is 4.79 Å². The molecule has 3 heterocycles. The van der Waals surface area contributed by atoms with Crippen molar-refractivity contribution in [2.24, 2.45) is 5.92 Å². The number of fused-ring (bicyclic) bond motifs is 2. The summed E-state index contributed by atoms with van der Waals surface area (Å²) < 4.78 is 0. The van der Waals surface area contributed by atoms with E-state index in [9.17, 15) is 14.7 Å². The van der Waals surface area contributed by atoms with Crippen LogP contribution in [-0.2, 0) is 22.4 Å². The molecule has 1 fully saturated rings. The Kier molecular flexibility index (Phi) is 5.12. The number of nitrogens with one attached hydrogen (secondary N) is 1. The fraction of sp³-hybridized carbons (Fsp3) is 0.417. The van der Waals surface area contributed by atoms with E-state index >= 15 is 0 Å². The molecule has 0 unspecified atom stereocenters. The minimum Gasteiger partial charge on any atom is -0.479 e. The molecule has 1 aromatic carbocycles. The van der Waals surface area contributed by atoms with Crippen molar-refractivity contribution in [2.75, 3.05) is 18.0 Å². The number of aromatic nitrogens is 2. The second kappa shape index (κ2) is 7.85. The molecule has 0 spiro atoms. The maximum Gasteiger partial charge on any atom is 0.330 e. The Morgan fingerprint density at radius 1 is 1.12 bits per heavy atom. The highest BCUT2D eigenvalue weighted by atomic mass is 32.1. The fourth-order valence-electron chi connectivity index (χ4n) is 5.00. The zero-order valence-corrected chi connectivity index (χ0v) is 19.0. The smallest absolute Gasteiger partial charge is 0.330 e. The van der Waals surface area contributed by atoms with Crippen molar-refractivity contribution in [3.8, 4) is 0 Å². The summed E-state index contributed by atoms with van der Waals surface area (Å²) in [6.07, 6.45) is 3.61. The van der Waals surface area contributed by atoms with Crippen LogP contribution in [0.5, 0.6) is 0 Å².